The zero-order chi connectivity index (χ0) is 23.1. The molecule has 1 aliphatic carbocycles. The number of carbonyl (C=O) groups is 1. The second kappa shape index (κ2) is 8.43. The lowest BCUT2D eigenvalue weighted by Crippen LogP contribution is -2.12. The first-order chi connectivity index (χ1) is 16.7. The SMILES string of the molecule is O=C(Nc1n[nH]c2ccc(-c3nnn(Cc4ccccc4)c3C3CC3)cc12)c1ccc(Cl)cc1. The van der Waals surface area contributed by atoms with Gasteiger partial charge in [0.2, 0.25) is 0 Å². The van der Waals surface area contributed by atoms with Crippen molar-refractivity contribution in [3.8, 4) is 11.3 Å². The van der Waals surface area contributed by atoms with Gasteiger partial charge in [-0.25, -0.2) is 4.68 Å². The van der Waals surface area contributed by atoms with E-state index >= 15 is 0 Å². The maximum absolute atomic E-state index is 12.7. The number of benzene rings is 3. The molecule has 0 saturated heterocycles. The summed E-state index contributed by atoms with van der Waals surface area (Å²) in [6.45, 7) is 0.691. The third kappa shape index (κ3) is 3.95. The molecule has 5 aromatic rings. The van der Waals surface area contributed by atoms with Gasteiger partial charge in [-0.3, -0.25) is 9.89 Å². The molecule has 7 nitrogen and oxygen atoms in total. The third-order valence-corrected chi connectivity index (χ3v) is 6.34. The normalized spacial score (nSPS) is 13.3. The van der Waals surface area contributed by atoms with Crippen molar-refractivity contribution in [2.24, 2.45) is 0 Å². The van der Waals surface area contributed by atoms with Crippen molar-refractivity contribution in [3.63, 3.8) is 0 Å². The first-order valence-corrected chi connectivity index (χ1v) is 11.6. The molecule has 168 valence electrons. The summed E-state index contributed by atoms with van der Waals surface area (Å²) in [5, 5.41) is 20.7. The number of fused-ring (bicyclic) bond motifs is 1. The maximum Gasteiger partial charge on any atom is 0.256 e. The van der Waals surface area contributed by atoms with Crippen LogP contribution in [-0.2, 0) is 6.54 Å². The predicted octanol–water partition coefficient (Wildman–Crippen LogP) is 5.65. The van der Waals surface area contributed by atoms with E-state index in [-0.39, 0.29) is 5.91 Å². The van der Waals surface area contributed by atoms with Crippen molar-refractivity contribution < 1.29 is 4.79 Å². The predicted molar refractivity (Wildman–Crippen MR) is 132 cm³/mol. The zero-order valence-electron chi connectivity index (χ0n) is 18.2. The van der Waals surface area contributed by atoms with Crippen LogP contribution in [0.15, 0.2) is 72.8 Å². The van der Waals surface area contributed by atoms with Crippen LogP contribution in [0.2, 0.25) is 5.02 Å². The van der Waals surface area contributed by atoms with Gasteiger partial charge in [-0.15, -0.1) is 5.10 Å². The number of carbonyl (C=O) groups excluding carboxylic acids is 1. The highest BCUT2D eigenvalue weighted by Gasteiger charge is 2.32. The fourth-order valence-corrected chi connectivity index (χ4v) is 4.32. The van der Waals surface area contributed by atoms with E-state index in [4.69, 9.17) is 11.6 Å². The van der Waals surface area contributed by atoms with E-state index in [0.29, 0.717) is 28.9 Å². The monoisotopic (exact) mass is 468 g/mol. The summed E-state index contributed by atoms with van der Waals surface area (Å²) < 4.78 is 2.02. The first kappa shape index (κ1) is 20.6. The van der Waals surface area contributed by atoms with Gasteiger partial charge in [-0.05, 0) is 54.8 Å². The standard InChI is InChI=1S/C26H21ClN6O/c27-20-11-8-18(9-12-20)26(34)28-25-21-14-19(10-13-22(21)29-31-25)23-24(17-6-7-17)33(32-30-23)15-16-4-2-1-3-5-16/h1-5,8-14,17H,6-7,15H2,(H2,28,29,31,34). The minimum absolute atomic E-state index is 0.247. The second-order valence-electron chi connectivity index (χ2n) is 8.53. The Morgan fingerprint density at radius 2 is 1.85 bits per heavy atom. The molecular weight excluding hydrogens is 448 g/mol. The fourth-order valence-electron chi connectivity index (χ4n) is 4.20. The van der Waals surface area contributed by atoms with Crippen LogP contribution < -0.4 is 5.32 Å². The van der Waals surface area contributed by atoms with Gasteiger partial charge in [-0.1, -0.05) is 53.2 Å². The Balaban J connectivity index is 1.34. The van der Waals surface area contributed by atoms with Gasteiger partial charge in [-0.2, -0.15) is 5.10 Å². The van der Waals surface area contributed by atoms with Crippen molar-refractivity contribution >= 4 is 34.2 Å². The molecule has 2 heterocycles. The molecule has 1 aliphatic rings. The Morgan fingerprint density at radius 1 is 1.06 bits per heavy atom. The molecule has 0 aliphatic heterocycles. The van der Waals surface area contributed by atoms with Crippen molar-refractivity contribution in [1.29, 1.82) is 0 Å². The zero-order valence-corrected chi connectivity index (χ0v) is 19.0. The van der Waals surface area contributed by atoms with E-state index in [1.54, 1.807) is 24.3 Å². The van der Waals surface area contributed by atoms with Crippen LogP contribution in [0.5, 0.6) is 0 Å². The minimum atomic E-state index is -0.247. The van der Waals surface area contributed by atoms with Gasteiger partial charge < -0.3 is 5.32 Å². The van der Waals surface area contributed by atoms with Gasteiger partial charge >= 0.3 is 0 Å². The van der Waals surface area contributed by atoms with Crippen molar-refractivity contribution in [3.05, 3.63) is 94.6 Å². The quantitative estimate of drug-likeness (QED) is 0.337. The minimum Gasteiger partial charge on any atom is -0.305 e. The summed E-state index contributed by atoms with van der Waals surface area (Å²) >= 11 is 5.94. The molecule has 0 spiro atoms. The second-order valence-corrected chi connectivity index (χ2v) is 8.97. The number of hydrogen-bond acceptors (Lipinski definition) is 4. The summed E-state index contributed by atoms with van der Waals surface area (Å²) in [5.41, 5.74) is 5.54. The van der Waals surface area contributed by atoms with E-state index in [1.165, 1.54) is 11.3 Å². The molecule has 2 aromatic heterocycles. The molecule has 1 amide bonds. The number of hydrogen-bond donors (Lipinski definition) is 2. The Morgan fingerprint density at radius 3 is 2.62 bits per heavy atom. The Labute approximate surface area is 200 Å². The average molecular weight is 469 g/mol. The van der Waals surface area contributed by atoms with Crippen molar-refractivity contribution in [2.75, 3.05) is 5.32 Å². The molecule has 3 aromatic carbocycles. The van der Waals surface area contributed by atoms with Gasteiger partial charge in [0.25, 0.3) is 5.91 Å². The molecule has 0 unspecified atom stereocenters. The molecule has 1 saturated carbocycles. The Kier molecular flexibility index (Phi) is 5.11. The molecule has 6 rings (SSSR count). The fraction of sp³-hybridized carbons (Fsp3) is 0.154. The molecule has 1 fully saturated rings. The van der Waals surface area contributed by atoms with Gasteiger partial charge in [0, 0.05) is 27.5 Å². The number of rotatable bonds is 6. The summed E-state index contributed by atoms with van der Waals surface area (Å²) in [5.74, 6) is 0.697. The average Bonchev–Trinajstić information content (AvgIpc) is 3.50. The highest BCUT2D eigenvalue weighted by molar-refractivity contribution is 6.30. The van der Waals surface area contributed by atoms with Crippen LogP contribution in [0.25, 0.3) is 22.2 Å². The van der Waals surface area contributed by atoms with Crippen LogP contribution in [0, 0.1) is 0 Å². The van der Waals surface area contributed by atoms with E-state index in [2.05, 4.69) is 38.0 Å². The number of amides is 1. The van der Waals surface area contributed by atoms with Crippen molar-refractivity contribution in [2.45, 2.75) is 25.3 Å². The topological polar surface area (TPSA) is 88.5 Å². The molecular formula is C26H21ClN6O. The van der Waals surface area contributed by atoms with Crippen molar-refractivity contribution in [1.82, 2.24) is 25.2 Å². The number of aromatic amines is 1. The summed E-state index contributed by atoms with van der Waals surface area (Å²) in [4.78, 5) is 12.7. The number of nitrogens with one attached hydrogen (secondary N) is 2. The summed E-state index contributed by atoms with van der Waals surface area (Å²) in [6.07, 6.45) is 2.29. The van der Waals surface area contributed by atoms with E-state index in [1.807, 2.05) is 41.1 Å². The van der Waals surface area contributed by atoms with Crippen LogP contribution in [0.1, 0.15) is 40.4 Å². The lowest BCUT2D eigenvalue weighted by Gasteiger charge is -2.08. The van der Waals surface area contributed by atoms with E-state index in [0.717, 1.165) is 35.0 Å². The number of halogens is 1. The Hall–Kier alpha value is -3.97. The molecule has 34 heavy (non-hydrogen) atoms. The maximum atomic E-state index is 12.7. The first-order valence-electron chi connectivity index (χ1n) is 11.2. The van der Waals surface area contributed by atoms with E-state index < -0.39 is 0 Å². The van der Waals surface area contributed by atoms with Crippen LogP contribution >= 0.6 is 11.6 Å². The van der Waals surface area contributed by atoms with Crippen LogP contribution in [0.3, 0.4) is 0 Å². The lowest BCUT2D eigenvalue weighted by atomic mass is 10.1. The van der Waals surface area contributed by atoms with Crippen LogP contribution in [0.4, 0.5) is 5.82 Å². The number of anilines is 1. The third-order valence-electron chi connectivity index (χ3n) is 6.09. The summed E-state index contributed by atoms with van der Waals surface area (Å²) in [6, 6.07) is 23.0. The highest BCUT2D eigenvalue weighted by Crippen LogP contribution is 2.44. The van der Waals surface area contributed by atoms with E-state index in [9.17, 15) is 4.79 Å². The number of nitrogens with zero attached hydrogens (tertiary/aromatic N) is 4. The smallest absolute Gasteiger partial charge is 0.256 e. The lowest BCUT2D eigenvalue weighted by molar-refractivity contribution is 0.102. The highest BCUT2D eigenvalue weighted by atomic mass is 35.5. The molecule has 0 bridgehead atoms. The largest absolute Gasteiger partial charge is 0.305 e. The van der Waals surface area contributed by atoms with Gasteiger partial charge in [0.1, 0.15) is 5.69 Å². The van der Waals surface area contributed by atoms with Gasteiger partial charge in [0.15, 0.2) is 5.82 Å². The number of H-pyrrole nitrogens is 1. The Bertz CT molecular complexity index is 1490. The molecule has 8 heteroatoms. The molecule has 0 atom stereocenters. The molecule has 2 N–H and O–H groups in total. The van der Waals surface area contributed by atoms with Gasteiger partial charge in [0.05, 0.1) is 17.8 Å². The van der Waals surface area contributed by atoms with Crippen LogP contribution in [-0.4, -0.2) is 31.1 Å². The molecule has 0 radical (unpaired) electrons. The summed E-state index contributed by atoms with van der Waals surface area (Å²) in [7, 11) is 0. The number of aromatic nitrogens is 5.